The summed E-state index contributed by atoms with van der Waals surface area (Å²) in [7, 11) is -3.15. The van der Waals surface area contributed by atoms with Gasteiger partial charge in [0, 0.05) is 73.0 Å². The third-order valence-corrected chi connectivity index (χ3v) is 34.3. The van der Waals surface area contributed by atoms with Gasteiger partial charge in [-0.05, 0) is 217 Å². The molecule has 0 amide bonds. The van der Waals surface area contributed by atoms with Crippen LogP contribution in [-0.4, -0.2) is 33.6 Å². The van der Waals surface area contributed by atoms with Crippen molar-refractivity contribution in [2.75, 3.05) is 0 Å². The van der Waals surface area contributed by atoms with Gasteiger partial charge in [0.2, 0.25) is 0 Å². The molecule has 0 bridgehead atoms. The van der Waals surface area contributed by atoms with E-state index >= 15 is 0 Å². The molecular formula is C127H117BBr2N2Na2O5P4Pd. The van der Waals surface area contributed by atoms with Gasteiger partial charge >= 0.3 is 66.2 Å². The number of carbonyl (C=O) groups excluding carboxylic acids is 1. The Morgan fingerprint density at radius 2 is 0.417 bits per heavy atom. The maximum atomic E-state index is 8.87. The third-order valence-electron chi connectivity index (χ3n) is 23.6. The van der Waals surface area contributed by atoms with Crippen LogP contribution in [0.1, 0.15) is 80.4 Å². The second-order valence-electron chi connectivity index (χ2n) is 36.6. The molecule has 7 nitrogen and oxygen atoms in total. The van der Waals surface area contributed by atoms with Crippen LogP contribution in [0.5, 0.6) is 0 Å². The molecule has 0 unspecified atom stereocenters. The molecule has 144 heavy (non-hydrogen) atoms. The minimum absolute atomic E-state index is 0. The number of aromatic amines is 2. The number of aromatic nitrogens is 2. The number of carbonyl (C=O) groups is 1. The molecule has 2 aromatic heterocycles. The van der Waals surface area contributed by atoms with Gasteiger partial charge in [-0.25, -0.2) is 0 Å². The van der Waals surface area contributed by atoms with Crippen LogP contribution in [0.2, 0.25) is 0 Å². The summed E-state index contributed by atoms with van der Waals surface area (Å²) in [5.74, 6) is 0. The number of hydrogen-bond donors (Lipinski definition) is 4. The largest absolute Gasteiger partial charge is 1.00 e. The van der Waals surface area contributed by atoms with Gasteiger partial charge in [0.25, 0.3) is 6.47 Å². The number of halogens is 2. The first-order valence-corrected chi connectivity index (χ1v) is 54.1. The van der Waals surface area contributed by atoms with Gasteiger partial charge in [-0.15, -0.1) is 0 Å². The molecule has 4 N–H and O–H groups in total. The van der Waals surface area contributed by atoms with E-state index in [0.29, 0.717) is 5.46 Å². The number of fused-ring (bicyclic) bond motifs is 6. The summed E-state index contributed by atoms with van der Waals surface area (Å²) in [6.45, 7) is 19.7. The van der Waals surface area contributed by atoms with Crippen molar-refractivity contribution in [3.63, 3.8) is 0 Å². The van der Waals surface area contributed by atoms with Crippen LogP contribution in [0.15, 0.2) is 519 Å². The second-order valence-corrected chi connectivity index (χ2v) is 47.3. The maximum Gasteiger partial charge on any atom is 1.00 e. The molecule has 0 spiro atoms. The quantitative estimate of drug-likeness (QED) is 0.0252. The van der Waals surface area contributed by atoms with E-state index in [-0.39, 0.29) is 104 Å². The van der Waals surface area contributed by atoms with Crippen LogP contribution in [0.3, 0.4) is 0 Å². The fourth-order valence-electron chi connectivity index (χ4n) is 16.3. The number of H-pyrrole nitrogens is 2. The van der Waals surface area contributed by atoms with Gasteiger partial charge in [0.05, 0.1) is 0 Å². The zero-order chi connectivity index (χ0) is 98.9. The van der Waals surface area contributed by atoms with E-state index in [1.165, 1.54) is 146 Å². The first-order valence-electron chi connectivity index (χ1n) is 47.1. The summed E-state index contributed by atoms with van der Waals surface area (Å²) in [4.78, 5) is 18.2. The van der Waals surface area contributed by atoms with E-state index in [4.69, 9.17) is 20.1 Å². The molecule has 0 fully saturated rings. The number of rotatable bonds is 16. The molecule has 2 heterocycles. The van der Waals surface area contributed by atoms with Crippen molar-refractivity contribution in [2.45, 2.75) is 78.6 Å². The van der Waals surface area contributed by atoms with Crippen molar-refractivity contribution in [1.29, 1.82) is 0 Å². The van der Waals surface area contributed by atoms with E-state index in [0.717, 1.165) is 8.95 Å². The molecule has 0 saturated heterocycles. The summed E-state index contributed by atoms with van der Waals surface area (Å²) in [6.07, 6.45) is 0. The third kappa shape index (κ3) is 32.5. The first kappa shape index (κ1) is 114. The van der Waals surface area contributed by atoms with Gasteiger partial charge in [0.1, 0.15) is 0 Å². The maximum absolute atomic E-state index is 8.87. The van der Waals surface area contributed by atoms with Gasteiger partial charge < -0.3 is 31.6 Å². The minimum atomic E-state index is -1.37. The summed E-state index contributed by atoms with van der Waals surface area (Å²) in [5.41, 5.74) is 14.6. The van der Waals surface area contributed by atoms with Crippen molar-refractivity contribution in [3.8, 4) is 22.3 Å². The minimum Gasteiger partial charge on any atom is -1.00 e. The zero-order valence-electron chi connectivity index (χ0n) is 84.1. The average Bonchev–Trinajstić information content (AvgIpc) is 1.62. The molecule has 0 radical (unpaired) electrons. The van der Waals surface area contributed by atoms with Crippen LogP contribution in [0.25, 0.3) is 65.9 Å². The molecule has 0 saturated carbocycles. The molecule has 714 valence electrons. The number of nitrogens with one attached hydrogen (secondary N) is 2. The van der Waals surface area contributed by atoms with Crippen LogP contribution < -0.4 is 133 Å². The number of benzene rings is 19. The van der Waals surface area contributed by atoms with Crippen molar-refractivity contribution in [2.24, 2.45) is 0 Å². The SMILES string of the molecule is Brc1ccc2[nH]c3ccc(Br)cc3c2c1.CC(C)(C)c1ccc(-c2ccc3[nH]c4ccc(-c5ccc(C(C)(C)C)cc5)cc4c3c2)cc1.CC(C)(C)c1ccc(B(O)O)cc1.O=CO[O-].[H-].[Na+].[Na+].[Pd].c1ccc(P(c2ccccc2)c2ccccc2)cc1.c1ccc(P(c2ccccc2)c2ccccc2)cc1.c1ccc(P(c2ccccc2)c2ccccc2)cc1.c1ccc(P(c2ccccc2)c2ccccc2)cc1. The predicted molar refractivity (Wildman–Crippen MR) is 619 cm³/mol. The molecule has 0 aliphatic rings. The normalized spacial score (nSPS) is 10.8. The van der Waals surface area contributed by atoms with E-state index in [2.05, 4.69) is 582 Å². The number of hydrogen-bond acceptors (Lipinski definition) is 5. The van der Waals surface area contributed by atoms with Crippen LogP contribution in [0, 0.1) is 0 Å². The summed E-state index contributed by atoms with van der Waals surface area (Å²) in [6, 6.07) is 181. The smallest absolute Gasteiger partial charge is 1.00 e. The molecule has 21 aromatic rings. The Morgan fingerprint density at radius 3 is 0.583 bits per heavy atom. The summed E-state index contributed by atoms with van der Waals surface area (Å²) in [5, 5.41) is 48.0. The van der Waals surface area contributed by atoms with E-state index in [1.54, 1.807) is 12.1 Å². The van der Waals surface area contributed by atoms with Crippen molar-refractivity contribution in [3.05, 3.63) is 535 Å². The Morgan fingerprint density at radius 1 is 0.257 bits per heavy atom. The van der Waals surface area contributed by atoms with E-state index < -0.39 is 38.8 Å². The summed E-state index contributed by atoms with van der Waals surface area (Å²) < 4.78 is 2.21. The molecule has 21 rings (SSSR count). The van der Waals surface area contributed by atoms with Crippen molar-refractivity contribution in [1.82, 2.24) is 9.97 Å². The predicted octanol–water partition coefficient (Wildman–Crippen LogP) is 21.1. The monoisotopic (exact) mass is 2190 g/mol. The van der Waals surface area contributed by atoms with Gasteiger partial charge in [-0.3, -0.25) is 4.79 Å². The topological polar surface area (TPSA) is 121 Å². The Hall–Kier alpha value is -10.5. The molecule has 0 aliphatic heterocycles. The zero-order valence-corrected chi connectivity index (χ0v) is 95.4. The summed E-state index contributed by atoms with van der Waals surface area (Å²) >= 11 is 6.99. The fraction of sp³-hybridized carbons (Fsp3) is 0.0945. The average molecular weight is 2200 g/mol. The van der Waals surface area contributed by atoms with Crippen LogP contribution in [-0.2, 0) is 46.3 Å². The Labute approximate surface area is 932 Å². The van der Waals surface area contributed by atoms with E-state index in [9.17, 15) is 0 Å². The molecule has 17 heteroatoms. The standard InChI is InChI=1S/C32H33N.4C18H15P.C12H7Br2N.C10H15BO2.CH2O3.2Na.Pd.H/c1-31(2,3)25-13-7-21(8-14-25)23-11-17-29-27(19-23)28-20-24(12-18-30(28)33-29)22-9-15-26(16-10-22)32(4,5)6;4*1-4-10-16(11-5-1)19(17-12-6-2-7-13-17)18-14-8-3-9-15-18;13-7-1-3-11-9(5-7)10-6-8(14)2-4-12(10)15-11;1-10(2,3)8-4-6-9(7-5-8)11(12)13;2-1-4-3;;;;/h7-20,33H,1-6H3;4*1-15H;1-6,15H;4-7,12-13H,1-3H3;1,3H;;;;/q;;;;;;;;2*+1;;-1/p-1. The van der Waals surface area contributed by atoms with Crippen molar-refractivity contribution < 1.29 is 106 Å². The molecule has 0 atom stereocenters. The van der Waals surface area contributed by atoms with Gasteiger partial charge in [-0.1, -0.05) is 543 Å². The molecule has 19 aromatic carbocycles. The Balaban J connectivity index is 0.000000175. The van der Waals surface area contributed by atoms with Crippen LogP contribution >= 0.6 is 63.5 Å². The molecule has 0 aliphatic carbocycles. The first-order chi connectivity index (χ1) is 68.5. The van der Waals surface area contributed by atoms with Gasteiger partial charge in [-0.2, -0.15) is 0 Å². The molecular weight excluding hydrogens is 2080 g/mol. The van der Waals surface area contributed by atoms with Crippen molar-refractivity contribution >= 4 is 190 Å². The second kappa shape index (κ2) is 57.0. The van der Waals surface area contributed by atoms with E-state index in [1.807, 2.05) is 24.3 Å². The van der Waals surface area contributed by atoms with Gasteiger partial charge in [0.15, 0.2) is 0 Å². The van der Waals surface area contributed by atoms with Crippen LogP contribution in [0.4, 0.5) is 0 Å². The Bertz CT molecular complexity index is 6360. The fourth-order valence-corrected chi connectivity index (χ4v) is 26.2. The Kier molecular flexibility index (Phi) is 45.1.